The van der Waals surface area contributed by atoms with Crippen molar-refractivity contribution in [2.24, 2.45) is 5.73 Å². The van der Waals surface area contributed by atoms with Gasteiger partial charge in [0.2, 0.25) is 0 Å². The van der Waals surface area contributed by atoms with Gasteiger partial charge in [0.05, 0.1) is 6.33 Å². The molecule has 0 aliphatic rings. The van der Waals surface area contributed by atoms with Gasteiger partial charge >= 0.3 is 0 Å². The zero-order chi connectivity index (χ0) is 11.1. The number of aromatic nitrogens is 2. The summed E-state index contributed by atoms with van der Waals surface area (Å²) in [6, 6.07) is 0. The molecule has 0 amide bonds. The van der Waals surface area contributed by atoms with Gasteiger partial charge in [0, 0.05) is 25.7 Å². The number of carbonyl (C=O) groups is 1. The number of hydrogen-bond acceptors (Lipinski definition) is 3. The van der Waals surface area contributed by atoms with Crippen LogP contribution in [-0.2, 0) is 6.54 Å². The first-order valence-electron chi connectivity index (χ1n) is 5.14. The molecule has 1 aromatic heterocycles. The SMILES string of the molecule is C=CCCCC(=O)c1cn(CCN)cn1. The second-order valence-electron chi connectivity index (χ2n) is 3.39. The monoisotopic (exact) mass is 207 g/mol. The predicted molar refractivity (Wildman–Crippen MR) is 59.7 cm³/mol. The lowest BCUT2D eigenvalue weighted by molar-refractivity contribution is 0.0976. The highest BCUT2D eigenvalue weighted by atomic mass is 16.1. The molecule has 0 spiro atoms. The molecule has 0 unspecified atom stereocenters. The summed E-state index contributed by atoms with van der Waals surface area (Å²) in [5.74, 6) is 0.0904. The average Bonchev–Trinajstić information content (AvgIpc) is 2.67. The minimum Gasteiger partial charge on any atom is -0.335 e. The van der Waals surface area contributed by atoms with E-state index >= 15 is 0 Å². The Balaban J connectivity index is 2.46. The Bertz CT molecular complexity index is 330. The van der Waals surface area contributed by atoms with Crippen LogP contribution in [0.3, 0.4) is 0 Å². The summed E-state index contributed by atoms with van der Waals surface area (Å²) in [7, 11) is 0. The van der Waals surface area contributed by atoms with E-state index in [1.165, 1.54) is 0 Å². The van der Waals surface area contributed by atoms with Crippen LogP contribution < -0.4 is 5.73 Å². The van der Waals surface area contributed by atoms with E-state index < -0.39 is 0 Å². The van der Waals surface area contributed by atoms with Gasteiger partial charge in [0.15, 0.2) is 5.78 Å². The van der Waals surface area contributed by atoms with E-state index in [0.29, 0.717) is 25.2 Å². The molecular weight excluding hydrogens is 190 g/mol. The van der Waals surface area contributed by atoms with Crippen molar-refractivity contribution in [1.82, 2.24) is 9.55 Å². The van der Waals surface area contributed by atoms with Crippen molar-refractivity contribution in [2.45, 2.75) is 25.8 Å². The van der Waals surface area contributed by atoms with Gasteiger partial charge < -0.3 is 10.3 Å². The third-order valence-electron chi connectivity index (χ3n) is 2.12. The van der Waals surface area contributed by atoms with Gasteiger partial charge in [-0.05, 0) is 12.8 Å². The summed E-state index contributed by atoms with van der Waals surface area (Å²) >= 11 is 0. The number of rotatable bonds is 7. The number of nitrogens with two attached hydrogens (primary N) is 1. The Kier molecular flexibility index (Phi) is 4.77. The topological polar surface area (TPSA) is 60.9 Å². The molecule has 0 atom stereocenters. The van der Waals surface area contributed by atoms with Crippen LogP contribution >= 0.6 is 0 Å². The smallest absolute Gasteiger partial charge is 0.182 e. The van der Waals surface area contributed by atoms with Crippen molar-refractivity contribution < 1.29 is 4.79 Å². The van der Waals surface area contributed by atoms with E-state index in [2.05, 4.69) is 11.6 Å². The molecule has 1 aromatic rings. The number of imidazole rings is 1. The molecule has 0 saturated heterocycles. The maximum atomic E-state index is 11.6. The number of nitrogens with zero attached hydrogens (tertiary/aromatic N) is 2. The molecular formula is C11H17N3O. The number of unbranched alkanes of at least 4 members (excludes halogenated alkanes) is 1. The highest BCUT2D eigenvalue weighted by Gasteiger charge is 2.08. The van der Waals surface area contributed by atoms with E-state index in [0.717, 1.165) is 12.8 Å². The number of ketones is 1. The van der Waals surface area contributed by atoms with Crippen molar-refractivity contribution in [1.29, 1.82) is 0 Å². The summed E-state index contributed by atoms with van der Waals surface area (Å²) in [6.07, 6.45) is 7.46. The molecule has 4 heteroatoms. The molecule has 2 N–H and O–H groups in total. The molecule has 1 heterocycles. The zero-order valence-electron chi connectivity index (χ0n) is 8.85. The number of hydrogen-bond donors (Lipinski definition) is 1. The van der Waals surface area contributed by atoms with Crippen molar-refractivity contribution in [3.05, 3.63) is 30.9 Å². The molecule has 1 rings (SSSR count). The van der Waals surface area contributed by atoms with Crippen LogP contribution in [0.2, 0.25) is 0 Å². The lowest BCUT2D eigenvalue weighted by atomic mass is 10.1. The molecule has 82 valence electrons. The molecule has 0 fully saturated rings. The second kappa shape index (κ2) is 6.14. The first-order valence-corrected chi connectivity index (χ1v) is 5.14. The summed E-state index contributed by atoms with van der Waals surface area (Å²) in [5, 5.41) is 0. The van der Waals surface area contributed by atoms with Gasteiger partial charge in [-0.2, -0.15) is 0 Å². The maximum absolute atomic E-state index is 11.6. The van der Waals surface area contributed by atoms with Crippen molar-refractivity contribution in [2.75, 3.05) is 6.54 Å². The van der Waals surface area contributed by atoms with Crippen LogP contribution in [0.4, 0.5) is 0 Å². The Labute approximate surface area is 89.8 Å². The number of carbonyl (C=O) groups excluding carboxylic acids is 1. The molecule has 0 aromatic carbocycles. The van der Waals surface area contributed by atoms with E-state index in [-0.39, 0.29) is 5.78 Å². The molecule has 4 nitrogen and oxygen atoms in total. The van der Waals surface area contributed by atoms with Crippen LogP contribution in [0.15, 0.2) is 25.2 Å². The van der Waals surface area contributed by atoms with Gasteiger partial charge in [0.1, 0.15) is 5.69 Å². The molecule has 0 bridgehead atoms. The van der Waals surface area contributed by atoms with Crippen molar-refractivity contribution in [3.63, 3.8) is 0 Å². The summed E-state index contributed by atoms with van der Waals surface area (Å²) < 4.78 is 1.83. The number of Topliss-reactive ketones (excluding diaryl/α,β-unsaturated/α-hetero) is 1. The van der Waals surface area contributed by atoms with Gasteiger partial charge in [-0.15, -0.1) is 6.58 Å². The fraction of sp³-hybridized carbons (Fsp3) is 0.455. The minimum absolute atomic E-state index is 0.0904. The lowest BCUT2D eigenvalue weighted by Crippen LogP contribution is -2.08. The molecule has 0 saturated carbocycles. The maximum Gasteiger partial charge on any atom is 0.182 e. The first-order chi connectivity index (χ1) is 7.27. The Morgan fingerprint density at radius 2 is 2.47 bits per heavy atom. The molecule has 0 radical (unpaired) electrons. The van der Waals surface area contributed by atoms with E-state index in [1.807, 2.05) is 10.6 Å². The van der Waals surface area contributed by atoms with Gasteiger partial charge in [0.25, 0.3) is 0 Å². The van der Waals surface area contributed by atoms with Crippen LogP contribution in [-0.4, -0.2) is 21.9 Å². The largest absolute Gasteiger partial charge is 0.335 e. The van der Waals surface area contributed by atoms with Gasteiger partial charge in [-0.25, -0.2) is 4.98 Å². The highest BCUT2D eigenvalue weighted by molar-refractivity contribution is 5.93. The fourth-order valence-corrected chi connectivity index (χ4v) is 1.31. The second-order valence-corrected chi connectivity index (χ2v) is 3.39. The van der Waals surface area contributed by atoms with Crippen molar-refractivity contribution in [3.8, 4) is 0 Å². The molecule has 15 heavy (non-hydrogen) atoms. The average molecular weight is 207 g/mol. The van der Waals surface area contributed by atoms with Crippen LogP contribution in [0.25, 0.3) is 0 Å². The van der Waals surface area contributed by atoms with Gasteiger partial charge in [-0.1, -0.05) is 6.08 Å². The Hall–Kier alpha value is -1.42. The third kappa shape index (κ3) is 3.67. The van der Waals surface area contributed by atoms with E-state index in [4.69, 9.17) is 5.73 Å². The van der Waals surface area contributed by atoms with Crippen LogP contribution in [0.5, 0.6) is 0 Å². The Morgan fingerprint density at radius 1 is 1.67 bits per heavy atom. The van der Waals surface area contributed by atoms with Crippen molar-refractivity contribution >= 4 is 5.78 Å². The normalized spacial score (nSPS) is 10.2. The molecule has 0 aliphatic carbocycles. The third-order valence-corrected chi connectivity index (χ3v) is 2.12. The summed E-state index contributed by atoms with van der Waals surface area (Å²) in [6.45, 7) is 4.87. The standard InChI is InChI=1S/C11H17N3O/c1-2-3-4-5-11(15)10-8-14(7-6-12)9-13-10/h2,8-9H,1,3-7,12H2. The molecule has 0 aliphatic heterocycles. The fourth-order valence-electron chi connectivity index (χ4n) is 1.31. The van der Waals surface area contributed by atoms with E-state index in [1.54, 1.807) is 12.5 Å². The zero-order valence-corrected chi connectivity index (χ0v) is 8.85. The summed E-state index contributed by atoms with van der Waals surface area (Å²) in [4.78, 5) is 15.6. The van der Waals surface area contributed by atoms with Crippen LogP contribution in [0.1, 0.15) is 29.8 Å². The minimum atomic E-state index is 0.0904. The predicted octanol–water partition coefficient (Wildman–Crippen LogP) is 1.38. The quantitative estimate of drug-likeness (QED) is 0.417. The van der Waals surface area contributed by atoms with Gasteiger partial charge in [-0.3, -0.25) is 4.79 Å². The first kappa shape index (κ1) is 11.7. The van der Waals surface area contributed by atoms with Crippen LogP contribution in [0, 0.1) is 0 Å². The highest BCUT2D eigenvalue weighted by Crippen LogP contribution is 2.05. The van der Waals surface area contributed by atoms with E-state index in [9.17, 15) is 4.79 Å². The lowest BCUT2D eigenvalue weighted by Gasteiger charge is -1.96. The Morgan fingerprint density at radius 3 is 3.13 bits per heavy atom. The summed E-state index contributed by atoms with van der Waals surface area (Å²) in [5.41, 5.74) is 5.93. The number of allylic oxidation sites excluding steroid dienone is 1.